The number of benzene rings is 4. The number of carbonyl (C=O) groups excluding carboxylic acids is 1. The van der Waals surface area contributed by atoms with Gasteiger partial charge in [0.15, 0.2) is 11.3 Å². The lowest BCUT2D eigenvalue weighted by Gasteiger charge is -2.06. The van der Waals surface area contributed by atoms with E-state index >= 15 is 0 Å². The minimum Gasteiger partial charge on any atom is -0.392 e. The largest absolute Gasteiger partial charge is 0.392 e. The predicted octanol–water partition coefficient (Wildman–Crippen LogP) is 7.95. The lowest BCUT2D eigenvalue weighted by molar-refractivity contribution is 0.112. The number of aldehydes is 1. The third kappa shape index (κ3) is 6.26. The number of anilines is 2. The number of aliphatic hydroxyl groups excluding tert-OH is 1. The van der Waals surface area contributed by atoms with Gasteiger partial charge in [0, 0.05) is 50.5 Å². The van der Waals surface area contributed by atoms with E-state index in [4.69, 9.17) is 34.7 Å². The molecule has 246 valence electrons. The first-order valence-corrected chi connectivity index (χ1v) is 16.1. The van der Waals surface area contributed by atoms with Crippen molar-refractivity contribution in [3.05, 3.63) is 143 Å². The summed E-state index contributed by atoms with van der Waals surface area (Å²) in [6, 6.07) is 30.0. The number of aromatic nitrogens is 6. The van der Waals surface area contributed by atoms with Crippen molar-refractivity contribution in [2.75, 3.05) is 11.5 Å². The Bertz CT molecular complexity index is 2490. The second-order valence-corrected chi connectivity index (χ2v) is 12.2. The van der Waals surface area contributed by atoms with Crippen molar-refractivity contribution in [3.63, 3.8) is 0 Å². The molecule has 0 bridgehead atoms. The first kappa shape index (κ1) is 32.5. The van der Waals surface area contributed by atoms with Crippen LogP contribution in [0.4, 0.5) is 11.6 Å². The molecule has 0 atom stereocenters. The number of nitrogens with two attached hydrogens (primary N) is 2. The van der Waals surface area contributed by atoms with Crippen molar-refractivity contribution in [2.24, 2.45) is 0 Å². The van der Waals surface area contributed by atoms with Gasteiger partial charge < -0.3 is 25.7 Å². The van der Waals surface area contributed by atoms with E-state index in [1.807, 2.05) is 106 Å². The normalized spacial score (nSPS) is 11.0. The fourth-order valence-electron chi connectivity index (χ4n) is 5.81. The van der Waals surface area contributed by atoms with E-state index in [1.54, 1.807) is 12.1 Å². The van der Waals surface area contributed by atoms with E-state index in [9.17, 15) is 9.90 Å². The third-order valence-electron chi connectivity index (χ3n) is 8.19. The Morgan fingerprint density at radius 1 is 0.640 bits per heavy atom. The first-order chi connectivity index (χ1) is 24.3. The molecule has 0 saturated carbocycles. The Morgan fingerprint density at radius 2 is 1.12 bits per heavy atom. The lowest BCUT2D eigenvalue weighted by Crippen LogP contribution is -1.97. The molecule has 8 aromatic rings. The summed E-state index contributed by atoms with van der Waals surface area (Å²) >= 11 is 12.0. The fourth-order valence-corrected chi connectivity index (χ4v) is 6.07. The molecule has 50 heavy (non-hydrogen) atoms. The zero-order chi connectivity index (χ0) is 34.8. The van der Waals surface area contributed by atoms with Crippen LogP contribution < -0.4 is 11.5 Å². The minimum atomic E-state index is -0.0196. The zero-order valence-corrected chi connectivity index (χ0v) is 27.8. The number of halogens is 2. The second-order valence-electron chi connectivity index (χ2n) is 11.3. The highest BCUT2D eigenvalue weighted by Gasteiger charge is 2.18. The van der Waals surface area contributed by atoms with Gasteiger partial charge >= 0.3 is 0 Å². The molecular formula is C38H28Cl2N8O2. The van der Waals surface area contributed by atoms with Crippen molar-refractivity contribution in [3.8, 4) is 33.6 Å². The van der Waals surface area contributed by atoms with E-state index < -0.39 is 0 Å². The molecule has 10 nitrogen and oxygen atoms in total. The molecule has 4 aromatic carbocycles. The van der Waals surface area contributed by atoms with Crippen molar-refractivity contribution in [1.29, 1.82) is 0 Å². The molecule has 4 aromatic heterocycles. The topological polar surface area (TPSA) is 151 Å². The highest BCUT2D eigenvalue weighted by Crippen LogP contribution is 2.36. The maximum Gasteiger partial charge on any atom is 0.150 e. The van der Waals surface area contributed by atoms with Crippen molar-refractivity contribution in [1.82, 2.24) is 29.1 Å². The Labute approximate surface area is 296 Å². The number of hydrogen-bond donors (Lipinski definition) is 3. The van der Waals surface area contributed by atoms with Crippen molar-refractivity contribution >= 4 is 63.2 Å². The van der Waals surface area contributed by atoms with Crippen LogP contribution in [0.25, 0.3) is 55.7 Å². The quantitative estimate of drug-likeness (QED) is 0.148. The Balaban J connectivity index is 0.000000157. The Kier molecular flexibility index (Phi) is 8.97. The van der Waals surface area contributed by atoms with Crippen LogP contribution in [-0.2, 0) is 6.61 Å². The SMILES string of the molecule is Nc1ncnc2c1c(-c1ccc(Cl)cc1)cn2-c1cccc(C=O)c1.Nc1ncnc2c1c(-c1ccc(Cl)cc1)cn2-c1cccc(CO)c1. The van der Waals surface area contributed by atoms with Crippen LogP contribution in [0.2, 0.25) is 10.0 Å². The summed E-state index contributed by atoms with van der Waals surface area (Å²) in [4.78, 5) is 28.2. The van der Waals surface area contributed by atoms with Crippen LogP contribution in [0, 0.1) is 0 Å². The second kappa shape index (κ2) is 13.8. The van der Waals surface area contributed by atoms with Gasteiger partial charge in [-0.25, -0.2) is 19.9 Å². The van der Waals surface area contributed by atoms with Crippen LogP contribution in [0.1, 0.15) is 15.9 Å². The molecule has 4 heterocycles. The number of fused-ring (bicyclic) bond motifs is 2. The number of nitrogen functional groups attached to an aromatic ring is 2. The fraction of sp³-hybridized carbons (Fsp3) is 0.0263. The molecule has 0 amide bonds. The summed E-state index contributed by atoms with van der Waals surface area (Å²) in [7, 11) is 0. The summed E-state index contributed by atoms with van der Waals surface area (Å²) in [5.74, 6) is 0.826. The average Bonchev–Trinajstić information content (AvgIpc) is 3.74. The monoisotopic (exact) mass is 698 g/mol. The molecule has 0 fully saturated rings. The molecule has 0 saturated heterocycles. The van der Waals surface area contributed by atoms with E-state index in [-0.39, 0.29) is 6.61 Å². The molecule has 0 unspecified atom stereocenters. The first-order valence-electron chi connectivity index (χ1n) is 15.4. The molecule has 12 heteroatoms. The summed E-state index contributed by atoms with van der Waals surface area (Å²) in [5, 5.41) is 12.3. The van der Waals surface area contributed by atoms with Gasteiger partial charge in [-0.1, -0.05) is 71.7 Å². The highest BCUT2D eigenvalue weighted by atomic mass is 35.5. The maximum atomic E-state index is 11.1. The van der Waals surface area contributed by atoms with Gasteiger partial charge in [0.25, 0.3) is 0 Å². The van der Waals surface area contributed by atoms with Gasteiger partial charge in [0.05, 0.1) is 17.4 Å². The molecule has 0 radical (unpaired) electrons. The van der Waals surface area contributed by atoms with E-state index in [0.717, 1.165) is 56.3 Å². The van der Waals surface area contributed by atoms with Crippen molar-refractivity contribution in [2.45, 2.75) is 6.61 Å². The van der Waals surface area contributed by atoms with Crippen LogP contribution >= 0.6 is 23.2 Å². The van der Waals surface area contributed by atoms with Crippen LogP contribution in [0.3, 0.4) is 0 Å². The van der Waals surface area contributed by atoms with E-state index in [1.165, 1.54) is 12.7 Å². The summed E-state index contributed by atoms with van der Waals surface area (Å²) < 4.78 is 3.86. The van der Waals surface area contributed by atoms with Gasteiger partial charge in [-0.05, 0) is 65.2 Å². The number of nitrogens with zero attached hydrogens (tertiary/aromatic N) is 6. The molecule has 8 rings (SSSR count). The van der Waals surface area contributed by atoms with Crippen LogP contribution in [-0.4, -0.2) is 40.5 Å². The van der Waals surface area contributed by atoms with Crippen LogP contribution in [0.5, 0.6) is 0 Å². The smallest absolute Gasteiger partial charge is 0.150 e. The summed E-state index contributed by atoms with van der Waals surface area (Å²) in [5.41, 5.74) is 20.6. The molecule has 5 N–H and O–H groups in total. The Morgan fingerprint density at radius 3 is 1.60 bits per heavy atom. The molecule has 0 aliphatic carbocycles. The highest BCUT2D eigenvalue weighted by molar-refractivity contribution is 6.31. The van der Waals surface area contributed by atoms with E-state index in [0.29, 0.717) is 38.5 Å². The minimum absolute atomic E-state index is 0.0196. The molecule has 0 spiro atoms. The zero-order valence-electron chi connectivity index (χ0n) is 26.3. The maximum absolute atomic E-state index is 11.1. The van der Waals surface area contributed by atoms with Gasteiger partial charge in [0.1, 0.15) is 30.6 Å². The molecule has 0 aliphatic heterocycles. The molecular weight excluding hydrogens is 671 g/mol. The standard InChI is InChI=1S/C19H15ClN4O.C19H13ClN4O/c2*20-14-6-4-13(5-7-14)16-9-24(15-3-1-2-12(8-15)10-25)19-17(16)18(21)22-11-23-19/h1-9,11,25H,10H2,(H2,21,22,23);1-11H,(H2,21,22,23). The van der Waals surface area contributed by atoms with Crippen LogP contribution in [0.15, 0.2) is 122 Å². The van der Waals surface area contributed by atoms with Gasteiger partial charge in [-0.15, -0.1) is 0 Å². The number of rotatable bonds is 6. The number of aliphatic hydroxyl groups is 1. The molecule has 0 aliphatic rings. The van der Waals surface area contributed by atoms with Gasteiger partial charge in [-0.2, -0.15) is 0 Å². The van der Waals surface area contributed by atoms with Crippen molar-refractivity contribution < 1.29 is 9.90 Å². The predicted molar refractivity (Wildman–Crippen MR) is 199 cm³/mol. The van der Waals surface area contributed by atoms with Gasteiger partial charge in [0.2, 0.25) is 0 Å². The van der Waals surface area contributed by atoms with Gasteiger partial charge in [-0.3, -0.25) is 4.79 Å². The average molecular weight is 700 g/mol. The number of carbonyl (C=O) groups is 1. The summed E-state index contributed by atoms with van der Waals surface area (Å²) in [6.45, 7) is -0.0196. The number of hydrogen-bond acceptors (Lipinski definition) is 8. The Hall–Kier alpha value is -6.07. The lowest BCUT2D eigenvalue weighted by atomic mass is 10.1. The van der Waals surface area contributed by atoms with E-state index in [2.05, 4.69) is 19.9 Å². The third-order valence-corrected chi connectivity index (χ3v) is 8.69. The summed E-state index contributed by atoms with van der Waals surface area (Å²) in [6.07, 6.45) is 7.63.